The number of carbonyl (C=O) groups is 1. The first-order valence-electron chi connectivity index (χ1n) is 8.81. The number of nitro benzene ring substituents is 1. The zero-order chi connectivity index (χ0) is 21.4. The Morgan fingerprint density at radius 2 is 1.79 bits per heavy atom. The van der Waals surface area contributed by atoms with E-state index in [-0.39, 0.29) is 17.9 Å². The first-order chi connectivity index (χ1) is 13.9. The highest BCUT2D eigenvalue weighted by atomic mass is 16.6. The summed E-state index contributed by atoms with van der Waals surface area (Å²) in [6, 6.07) is 7.51. The number of hydrogen-bond acceptors (Lipinski definition) is 8. The van der Waals surface area contributed by atoms with E-state index in [1.807, 2.05) is 6.92 Å². The van der Waals surface area contributed by atoms with Gasteiger partial charge in [-0.1, -0.05) is 0 Å². The van der Waals surface area contributed by atoms with Gasteiger partial charge in [0.15, 0.2) is 11.5 Å². The first kappa shape index (κ1) is 22.0. The molecule has 0 heterocycles. The average Bonchev–Trinajstić information content (AvgIpc) is 2.72. The predicted octanol–water partition coefficient (Wildman–Crippen LogP) is 3.34. The molecule has 0 atom stereocenters. The van der Waals surface area contributed by atoms with Gasteiger partial charge in [0.05, 0.1) is 31.3 Å². The molecule has 0 aliphatic rings. The van der Waals surface area contributed by atoms with Crippen molar-refractivity contribution in [3.63, 3.8) is 0 Å². The second-order valence-electron chi connectivity index (χ2n) is 6.12. The lowest BCUT2D eigenvalue weighted by Gasteiger charge is -2.14. The van der Waals surface area contributed by atoms with Crippen LogP contribution in [0.4, 0.5) is 11.4 Å². The number of benzene rings is 2. The van der Waals surface area contributed by atoms with Gasteiger partial charge in [0, 0.05) is 31.5 Å². The van der Waals surface area contributed by atoms with Crippen LogP contribution in [0.25, 0.3) is 0 Å². The molecule has 2 aromatic rings. The fourth-order valence-electron chi connectivity index (χ4n) is 2.66. The molecule has 0 spiro atoms. The average molecular weight is 404 g/mol. The van der Waals surface area contributed by atoms with E-state index in [1.54, 1.807) is 19.2 Å². The van der Waals surface area contributed by atoms with Crippen LogP contribution in [0.1, 0.15) is 21.5 Å². The van der Waals surface area contributed by atoms with Crippen molar-refractivity contribution in [1.29, 1.82) is 0 Å². The Balaban J connectivity index is 2.23. The van der Waals surface area contributed by atoms with E-state index in [1.165, 1.54) is 32.4 Å². The van der Waals surface area contributed by atoms with Crippen LogP contribution in [0, 0.1) is 17.0 Å². The van der Waals surface area contributed by atoms with E-state index in [0.717, 1.165) is 11.1 Å². The number of hydrogen-bond donors (Lipinski definition) is 1. The Bertz CT molecular complexity index is 883. The van der Waals surface area contributed by atoms with E-state index in [9.17, 15) is 14.9 Å². The zero-order valence-corrected chi connectivity index (χ0v) is 16.8. The van der Waals surface area contributed by atoms with Crippen molar-refractivity contribution in [2.75, 3.05) is 39.8 Å². The Hall–Kier alpha value is -3.33. The Kier molecular flexibility index (Phi) is 7.79. The molecule has 0 saturated carbocycles. The predicted molar refractivity (Wildman–Crippen MR) is 107 cm³/mol. The third-order valence-corrected chi connectivity index (χ3v) is 4.26. The maximum absolute atomic E-state index is 12.7. The number of aryl methyl sites for hydroxylation is 1. The van der Waals surface area contributed by atoms with E-state index >= 15 is 0 Å². The van der Waals surface area contributed by atoms with Crippen LogP contribution in [0.5, 0.6) is 11.5 Å². The molecule has 0 aromatic heterocycles. The van der Waals surface area contributed by atoms with Gasteiger partial charge in [-0.15, -0.1) is 0 Å². The van der Waals surface area contributed by atoms with Crippen molar-refractivity contribution in [2.45, 2.75) is 13.5 Å². The molecule has 2 rings (SSSR count). The van der Waals surface area contributed by atoms with Gasteiger partial charge in [0.2, 0.25) is 0 Å². The van der Waals surface area contributed by atoms with Gasteiger partial charge >= 0.3 is 5.97 Å². The van der Waals surface area contributed by atoms with Crippen LogP contribution < -0.4 is 14.8 Å². The Morgan fingerprint density at radius 3 is 2.41 bits per heavy atom. The number of anilines is 1. The van der Waals surface area contributed by atoms with Crippen LogP contribution >= 0.6 is 0 Å². The van der Waals surface area contributed by atoms with Gasteiger partial charge in [-0.2, -0.15) is 0 Å². The smallest absolute Gasteiger partial charge is 0.340 e. The third-order valence-electron chi connectivity index (χ3n) is 4.26. The zero-order valence-electron chi connectivity index (χ0n) is 16.8. The van der Waals surface area contributed by atoms with Gasteiger partial charge in [-0.05, 0) is 36.2 Å². The van der Waals surface area contributed by atoms with E-state index < -0.39 is 10.9 Å². The number of rotatable bonds is 10. The number of carbonyl (C=O) groups excluding carboxylic acids is 1. The molecule has 1 N–H and O–H groups in total. The molecule has 156 valence electrons. The highest BCUT2D eigenvalue weighted by Gasteiger charge is 2.19. The lowest BCUT2D eigenvalue weighted by molar-refractivity contribution is -0.384. The molecular weight excluding hydrogens is 380 g/mol. The lowest BCUT2D eigenvalue weighted by Crippen LogP contribution is -2.14. The monoisotopic (exact) mass is 404 g/mol. The summed E-state index contributed by atoms with van der Waals surface area (Å²) >= 11 is 0. The number of ether oxygens (including phenoxy) is 4. The molecule has 0 saturated heterocycles. The molecule has 0 bridgehead atoms. The largest absolute Gasteiger partial charge is 0.493 e. The van der Waals surface area contributed by atoms with Crippen molar-refractivity contribution in [1.82, 2.24) is 0 Å². The molecule has 9 heteroatoms. The molecule has 0 fully saturated rings. The number of nitrogens with one attached hydrogen (secondary N) is 1. The summed E-state index contributed by atoms with van der Waals surface area (Å²) in [5, 5.41) is 14.1. The highest BCUT2D eigenvalue weighted by Crippen LogP contribution is 2.31. The van der Waals surface area contributed by atoms with Crippen LogP contribution in [0.15, 0.2) is 30.3 Å². The minimum absolute atomic E-state index is 0.0226. The summed E-state index contributed by atoms with van der Waals surface area (Å²) in [5.74, 6) is 0.410. The number of esters is 1. The van der Waals surface area contributed by atoms with Crippen LogP contribution in [-0.4, -0.2) is 45.4 Å². The SMILES string of the molecule is COCCNc1ccc([N+](=O)[O-])cc1C(=O)OCc1cc(OC)c(OC)cc1C. The van der Waals surface area contributed by atoms with Gasteiger partial charge in [-0.3, -0.25) is 10.1 Å². The number of non-ortho nitro benzene ring substituents is 1. The summed E-state index contributed by atoms with van der Waals surface area (Å²) in [6.07, 6.45) is 0. The minimum Gasteiger partial charge on any atom is -0.493 e. The van der Waals surface area contributed by atoms with E-state index in [0.29, 0.717) is 30.3 Å². The van der Waals surface area contributed by atoms with E-state index in [2.05, 4.69) is 5.32 Å². The van der Waals surface area contributed by atoms with Crippen LogP contribution in [0.2, 0.25) is 0 Å². The summed E-state index contributed by atoms with van der Waals surface area (Å²) in [5.41, 5.74) is 1.90. The normalized spacial score (nSPS) is 10.3. The van der Waals surface area contributed by atoms with Crippen molar-refractivity contribution in [2.24, 2.45) is 0 Å². The molecule has 2 aromatic carbocycles. The van der Waals surface area contributed by atoms with Crippen molar-refractivity contribution in [3.8, 4) is 11.5 Å². The fraction of sp³-hybridized carbons (Fsp3) is 0.350. The van der Waals surface area contributed by atoms with Crippen molar-refractivity contribution in [3.05, 3.63) is 57.1 Å². The second kappa shape index (κ2) is 10.3. The third kappa shape index (κ3) is 5.58. The van der Waals surface area contributed by atoms with Gasteiger partial charge in [0.1, 0.15) is 6.61 Å². The van der Waals surface area contributed by atoms with Crippen LogP contribution in [0.3, 0.4) is 0 Å². The summed E-state index contributed by atoms with van der Waals surface area (Å²) in [4.78, 5) is 23.2. The Morgan fingerprint density at radius 1 is 1.10 bits per heavy atom. The van der Waals surface area contributed by atoms with Crippen LogP contribution in [-0.2, 0) is 16.1 Å². The molecule has 0 amide bonds. The van der Waals surface area contributed by atoms with E-state index in [4.69, 9.17) is 18.9 Å². The lowest BCUT2D eigenvalue weighted by atomic mass is 10.1. The quantitative estimate of drug-likeness (QED) is 0.278. The summed E-state index contributed by atoms with van der Waals surface area (Å²) < 4.78 is 20.9. The Labute approximate surface area is 168 Å². The van der Waals surface area contributed by atoms with Gasteiger partial charge in [-0.25, -0.2) is 4.79 Å². The molecule has 0 radical (unpaired) electrons. The van der Waals surface area contributed by atoms with Gasteiger partial charge in [0.25, 0.3) is 5.69 Å². The number of nitro groups is 1. The molecule has 0 unspecified atom stereocenters. The first-order valence-corrected chi connectivity index (χ1v) is 8.81. The fourth-order valence-corrected chi connectivity index (χ4v) is 2.66. The topological polar surface area (TPSA) is 109 Å². The second-order valence-corrected chi connectivity index (χ2v) is 6.12. The van der Waals surface area contributed by atoms with Crippen molar-refractivity contribution >= 4 is 17.3 Å². The maximum atomic E-state index is 12.7. The maximum Gasteiger partial charge on any atom is 0.340 e. The standard InChI is InChI=1S/C20H24N2O7/c1-13-9-18(27-3)19(28-4)10-14(13)12-29-20(23)16-11-15(22(24)25)5-6-17(16)21-7-8-26-2/h5-6,9-11,21H,7-8,12H2,1-4H3. The summed E-state index contributed by atoms with van der Waals surface area (Å²) in [7, 11) is 4.61. The molecular formula is C20H24N2O7. The summed E-state index contributed by atoms with van der Waals surface area (Å²) in [6.45, 7) is 2.68. The number of nitrogens with zero attached hydrogens (tertiary/aromatic N) is 1. The number of methoxy groups -OCH3 is 3. The van der Waals surface area contributed by atoms with Gasteiger partial charge < -0.3 is 24.3 Å². The molecule has 9 nitrogen and oxygen atoms in total. The molecule has 0 aliphatic heterocycles. The molecule has 29 heavy (non-hydrogen) atoms. The highest BCUT2D eigenvalue weighted by molar-refractivity contribution is 5.96. The molecule has 0 aliphatic carbocycles. The minimum atomic E-state index is -0.678. The van der Waals surface area contributed by atoms with Crippen molar-refractivity contribution < 1.29 is 28.7 Å².